The largest absolute Gasteiger partial charge is 0.496 e. The number of furan rings is 1. The van der Waals surface area contributed by atoms with Gasteiger partial charge in [0, 0.05) is 12.1 Å². The third kappa shape index (κ3) is 4.86. The van der Waals surface area contributed by atoms with Crippen molar-refractivity contribution in [2.24, 2.45) is 0 Å². The second-order valence-electron chi connectivity index (χ2n) is 6.48. The summed E-state index contributed by atoms with van der Waals surface area (Å²) in [5.74, 6) is 0.235. The maximum absolute atomic E-state index is 12.8. The first-order valence-corrected chi connectivity index (χ1v) is 10.9. The molecule has 0 radical (unpaired) electrons. The van der Waals surface area contributed by atoms with Crippen molar-refractivity contribution in [3.63, 3.8) is 0 Å². The Labute approximate surface area is 170 Å². The number of hydrogen-bond donors (Lipinski definition) is 1. The molecule has 0 bridgehead atoms. The van der Waals surface area contributed by atoms with Crippen molar-refractivity contribution >= 4 is 15.7 Å². The van der Waals surface area contributed by atoms with Crippen molar-refractivity contribution in [1.82, 2.24) is 5.32 Å². The van der Waals surface area contributed by atoms with Crippen molar-refractivity contribution in [3.8, 4) is 5.75 Å². The molecular weight excluding hydrogens is 390 g/mol. The van der Waals surface area contributed by atoms with Gasteiger partial charge in [-0.1, -0.05) is 43.3 Å². The number of sulfone groups is 1. The molecule has 0 unspecified atom stereocenters. The fourth-order valence-corrected chi connectivity index (χ4v) is 4.64. The lowest BCUT2D eigenvalue weighted by molar-refractivity contribution is 0.0921. The minimum Gasteiger partial charge on any atom is -0.496 e. The molecule has 0 saturated carbocycles. The summed E-state index contributed by atoms with van der Waals surface area (Å²) >= 11 is 0. The molecule has 0 atom stereocenters. The van der Waals surface area contributed by atoms with E-state index in [1.165, 1.54) is 12.1 Å². The van der Waals surface area contributed by atoms with Crippen molar-refractivity contribution in [1.29, 1.82) is 0 Å². The van der Waals surface area contributed by atoms with Crippen LogP contribution in [0.5, 0.6) is 5.75 Å². The van der Waals surface area contributed by atoms with E-state index in [0.29, 0.717) is 17.1 Å². The van der Waals surface area contributed by atoms with E-state index in [0.717, 1.165) is 11.1 Å². The van der Waals surface area contributed by atoms with Gasteiger partial charge in [0.2, 0.25) is 0 Å². The number of rotatable bonds is 8. The van der Waals surface area contributed by atoms with Gasteiger partial charge in [-0.15, -0.1) is 0 Å². The highest BCUT2D eigenvalue weighted by molar-refractivity contribution is 7.90. The molecule has 152 valence electrons. The molecule has 3 aromatic rings. The zero-order valence-corrected chi connectivity index (χ0v) is 17.2. The molecule has 0 aliphatic rings. The SMILES string of the molecule is CCc1ccccc1S(=O)(=O)Cc1ccc(C(=O)NCc2ccccc2OC)o1. The zero-order chi connectivity index (χ0) is 20.9. The monoisotopic (exact) mass is 413 g/mol. The van der Waals surface area contributed by atoms with Crippen molar-refractivity contribution in [2.45, 2.75) is 30.5 Å². The molecule has 2 aromatic carbocycles. The predicted octanol–water partition coefficient (Wildman–Crippen LogP) is 3.75. The van der Waals surface area contributed by atoms with E-state index in [4.69, 9.17) is 9.15 Å². The van der Waals surface area contributed by atoms with Crippen LogP contribution in [0.2, 0.25) is 0 Å². The number of aryl methyl sites for hydroxylation is 1. The molecular formula is C22H23NO5S. The Bertz CT molecular complexity index is 1100. The second-order valence-corrected chi connectivity index (χ2v) is 8.44. The van der Waals surface area contributed by atoms with Gasteiger partial charge in [0.25, 0.3) is 5.91 Å². The van der Waals surface area contributed by atoms with Crippen LogP contribution in [0, 0.1) is 0 Å². The maximum atomic E-state index is 12.8. The number of amides is 1. The van der Waals surface area contributed by atoms with Crippen molar-refractivity contribution < 1.29 is 22.4 Å². The van der Waals surface area contributed by atoms with Gasteiger partial charge in [0.15, 0.2) is 15.6 Å². The van der Waals surface area contributed by atoms with E-state index in [2.05, 4.69) is 5.32 Å². The summed E-state index contributed by atoms with van der Waals surface area (Å²) in [6.07, 6.45) is 0.615. The first kappa shape index (κ1) is 20.7. The molecule has 0 fully saturated rings. The zero-order valence-electron chi connectivity index (χ0n) is 16.3. The van der Waals surface area contributed by atoms with E-state index >= 15 is 0 Å². The highest BCUT2D eigenvalue weighted by Crippen LogP contribution is 2.22. The van der Waals surface area contributed by atoms with Gasteiger partial charge in [0.1, 0.15) is 17.3 Å². The van der Waals surface area contributed by atoms with E-state index < -0.39 is 15.7 Å². The number of para-hydroxylation sites is 1. The molecule has 0 spiro atoms. The molecule has 3 rings (SSSR count). The van der Waals surface area contributed by atoms with Gasteiger partial charge in [-0.2, -0.15) is 0 Å². The summed E-state index contributed by atoms with van der Waals surface area (Å²) in [6.45, 7) is 2.17. The predicted molar refractivity (Wildman–Crippen MR) is 110 cm³/mol. The molecule has 7 heteroatoms. The van der Waals surface area contributed by atoms with Crippen LogP contribution in [0.4, 0.5) is 0 Å². The summed E-state index contributed by atoms with van der Waals surface area (Å²) in [4.78, 5) is 12.7. The Morgan fingerprint density at radius 3 is 2.41 bits per heavy atom. The van der Waals surface area contributed by atoms with Crippen LogP contribution in [-0.4, -0.2) is 21.4 Å². The Kier molecular flexibility index (Phi) is 6.39. The lowest BCUT2D eigenvalue weighted by atomic mass is 10.2. The molecule has 0 aliphatic heterocycles. The van der Waals surface area contributed by atoms with Gasteiger partial charge >= 0.3 is 0 Å². The molecule has 1 amide bonds. The number of ether oxygens (including phenoxy) is 1. The fraction of sp³-hybridized carbons (Fsp3) is 0.227. The van der Waals surface area contributed by atoms with Gasteiger partial charge in [-0.25, -0.2) is 8.42 Å². The number of carbonyl (C=O) groups excluding carboxylic acids is 1. The average Bonchev–Trinajstić information content (AvgIpc) is 3.20. The quantitative estimate of drug-likeness (QED) is 0.608. The standard InChI is InChI=1S/C22H23NO5S/c1-3-16-8-5-7-11-21(16)29(25,26)15-18-12-13-20(28-18)22(24)23-14-17-9-4-6-10-19(17)27-2/h4-13H,3,14-15H2,1-2H3,(H,23,24). The third-order valence-electron chi connectivity index (χ3n) is 4.54. The van der Waals surface area contributed by atoms with E-state index in [-0.39, 0.29) is 23.8 Å². The minimum absolute atomic E-state index is 0.0638. The number of hydrogen-bond acceptors (Lipinski definition) is 5. The van der Waals surface area contributed by atoms with Gasteiger partial charge in [-0.05, 0) is 36.2 Å². The van der Waals surface area contributed by atoms with Crippen LogP contribution >= 0.6 is 0 Å². The number of methoxy groups -OCH3 is 1. The minimum atomic E-state index is -3.57. The highest BCUT2D eigenvalue weighted by Gasteiger charge is 2.21. The van der Waals surface area contributed by atoms with Gasteiger partial charge < -0.3 is 14.5 Å². The summed E-state index contributed by atoms with van der Waals surface area (Å²) in [5.41, 5.74) is 1.59. The summed E-state index contributed by atoms with van der Waals surface area (Å²) in [7, 11) is -2.01. The fourth-order valence-electron chi connectivity index (χ4n) is 3.05. The van der Waals surface area contributed by atoms with Crippen LogP contribution in [0.25, 0.3) is 0 Å². The van der Waals surface area contributed by atoms with Crippen LogP contribution in [0.15, 0.2) is 70.0 Å². The van der Waals surface area contributed by atoms with Gasteiger partial charge in [0.05, 0.1) is 12.0 Å². The van der Waals surface area contributed by atoms with Crippen LogP contribution in [0.1, 0.15) is 34.4 Å². The van der Waals surface area contributed by atoms with Crippen LogP contribution in [0.3, 0.4) is 0 Å². The normalized spacial score (nSPS) is 11.2. The highest BCUT2D eigenvalue weighted by atomic mass is 32.2. The Morgan fingerprint density at radius 1 is 1.00 bits per heavy atom. The third-order valence-corrected chi connectivity index (χ3v) is 6.27. The summed E-state index contributed by atoms with van der Waals surface area (Å²) in [5, 5.41) is 2.75. The smallest absolute Gasteiger partial charge is 0.287 e. The summed E-state index contributed by atoms with van der Waals surface area (Å²) in [6, 6.07) is 17.3. The first-order valence-electron chi connectivity index (χ1n) is 9.24. The molecule has 0 saturated heterocycles. The van der Waals surface area contributed by atoms with E-state index in [9.17, 15) is 13.2 Å². The Morgan fingerprint density at radius 2 is 1.69 bits per heavy atom. The van der Waals surface area contributed by atoms with Crippen LogP contribution in [-0.2, 0) is 28.6 Å². The molecule has 29 heavy (non-hydrogen) atoms. The Balaban J connectivity index is 1.69. The van der Waals surface area contributed by atoms with E-state index in [1.807, 2.05) is 37.3 Å². The lowest BCUT2D eigenvalue weighted by Crippen LogP contribution is -2.22. The molecule has 1 aromatic heterocycles. The second kappa shape index (κ2) is 8.96. The molecule has 0 aliphatic carbocycles. The number of nitrogens with one attached hydrogen (secondary N) is 1. The van der Waals surface area contributed by atoms with Crippen molar-refractivity contribution in [3.05, 3.63) is 83.3 Å². The summed E-state index contributed by atoms with van der Waals surface area (Å²) < 4.78 is 36.3. The average molecular weight is 413 g/mol. The molecule has 1 heterocycles. The van der Waals surface area contributed by atoms with Crippen LogP contribution < -0.4 is 10.1 Å². The first-order chi connectivity index (χ1) is 13.9. The van der Waals surface area contributed by atoms with E-state index in [1.54, 1.807) is 25.3 Å². The maximum Gasteiger partial charge on any atom is 0.287 e. The molecule has 6 nitrogen and oxygen atoms in total. The number of benzene rings is 2. The topological polar surface area (TPSA) is 85.6 Å². The van der Waals surface area contributed by atoms with Crippen molar-refractivity contribution in [2.75, 3.05) is 7.11 Å². The lowest BCUT2D eigenvalue weighted by Gasteiger charge is -2.09. The molecule has 1 N–H and O–H groups in total. The Hall–Kier alpha value is -3.06. The number of carbonyl (C=O) groups is 1. The van der Waals surface area contributed by atoms with Gasteiger partial charge in [-0.3, -0.25) is 4.79 Å².